The number of aryl methyl sites for hydroxylation is 1. The van der Waals surface area contributed by atoms with Crippen molar-refractivity contribution in [2.75, 3.05) is 20.2 Å². The monoisotopic (exact) mass is 221 g/mol. The standard InChI is InChI=1S/C14H23NO/c1-3-11-15-12-5-4-6-13-7-9-14(16-2)10-8-13/h7-10,15H,3-6,11-12H2,1-2H3. The minimum Gasteiger partial charge on any atom is -0.497 e. The SMILES string of the molecule is CCCNCCCCc1ccc(OC)cc1. The first-order chi connectivity index (χ1) is 7.86. The Hall–Kier alpha value is -1.02. The summed E-state index contributed by atoms with van der Waals surface area (Å²) in [5.41, 5.74) is 1.40. The molecule has 90 valence electrons. The van der Waals surface area contributed by atoms with Gasteiger partial charge in [0, 0.05) is 0 Å². The molecule has 0 amide bonds. The minimum absolute atomic E-state index is 0.938. The van der Waals surface area contributed by atoms with Crippen molar-refractivity contribution in [1.82, 2.24) is 5.32 Å². The minimum atomic E-state index is 0.938. The van der Waals surface area contributed by atoms with Gasteiger partial charge in [-0.15, -0.1) is 0 Å². The molecule has 0 aromatic heterocycles. The molecule has 0 saturated carbocycles. The second-order valence-corrected chi connectivity index (χ2v) is 4.06. The fourth-order valence-electron chi connectivity index (χ4n) is 1.67. The highest BCUT2D eigenvalue weighted by Gasteiger charge is 1.94. The van der Waals surface area contributed by atoms with Crippen LogP contribution in [0.2, 0.25) is 0 Å². The van der Waals surface area contributed by atoms with Gasteiger partial charge in [-0.2, -0.15) is 0 Å². The summed E-state index contributed by atoms with van der Waals surface area (Å²) >= 11 is 0. The van der Waals surface area contributed by atoms with Crippen LogP contribution in [0.3, 0.4) is 0 Å². The summed E-state index contributed by atoms with van der Waals surface area (Å²) in [5.74, 6) is 0.938. The molecule has 0 bridgehead atoms. The smallest absolute Gasteiger partial charge is 0.118 e. The molecule has 0 aliphatic heterocycles. The number of unbranched alkanes of at least 4 members (excludes halogenated alkanes) is 1. The molecule has 0 atom stereocenters. The molecule has 0 unspecified atom stereocenters. The molecule has 2 heteroatoms. The van der Waals surface area contributed by atoms with Crippen LogP contribution in [0.15, 0.2) is 24.3 Å². The number of nitrogens with one attached hydrogen (secondary N) is 1. The third kappa shape index (κ3) is 5.17. The van der Waals surface area contributed by atoms with Crippen molar-refractivity contribution in [2.24, 2.45) is 0 Å². The van der Waals surface area contributed by atoms with Gasteiger partial charge in [-0.25, -0.2) is 0 Å². The molecule has 1 aromatic rings. The van der Waals surface area contributed by atoms with Crippen LogP contribution >= 0.6 is 0 Å². The average molecular weight is 221 g/mol. The van der Waals surface area contributed by atoms with Crippen LogP contribution in [0.25, 0.3) is 0 Å². The molecule has 0 radical (unpaired) electrons. The molecule has 0 aliphatic rings. The van der Waals surface area contributed by atoms with Gasteiger partial charge in [0.15, 0.2) is 0 Å². The summed E-state index contributed by atoms with van der Waals surface area (Å²) in [7, 11) is 1.70. The van der Waals surface area contributed by atoms with E-state index in [1.165, 1.54) is 24.8 Å². The van der Waals surface area contributed by atoms with E-state index in [9.17, 15) is 0 Å². The molecule has 1 aromatic carbocycles. The van der Waals surface area contributed by atoms with Crippen molar-refractivity contribution in [2.45, 2.75) is 32.6 Å². The highest BCUT2D eigenvalue weighted by Crippen LogP contribution is 2.12. The molecule has 0 aliphatic carbocycles. The normalized spacial score (nSPS) is 10.4. The zero-order chi connectivity index (χ0) is 11.6. The van der Waals surface area contributed by atoms with Crippen molar-refractivity contribution in [1.29, 1.82) is 0 Å². The Morgan fingerprint density at radius 2 is 1.81 bits per heavy atom. The van der Waals surface area contributed by atoms with E-state index < -0.39 is 0 Å². The Labute approximate surface area is 99.0 Å². The van der Waals surface area contributed by atoms with E-state index in [1.807, 2.05) is 12.1 Å². The number of methoxy groups -OCH3 is 1. The van der Waals surface area contributed by atoms with Crippen LogP contribution in [-0.4, -0.2) is 20.2 Å². The molecular formula is C14H23NO. The van der Waals surface area contributed by atoms with Gasteiger partial charge < -0.3 is 10.1 Å². The maximum absolute atomic E-state index is 5.13. The van der Waals surface area contributed by atoms with Gasteiger partial charge in [0.1, 0.15) is 5.75 Å². The van der Waals surface area contributed by atoms with Gasteiger partial charge in [0.05, 0.1) is 7.11 Å². The molecule has 1 N–H and O–H groups in total. The van der Waals surface area contributed by atoms with E-state index in [1.54, 1.807) is 7.11 Å². The first kappa shape index (κ1) is 13.0. The summed E-state index contributed by atoms with van der Waals surface area (Å²) in [6, 6.07) is 8.37. The van der Waals surface area contributed by atoms with Gasteiger partial charge in [-0.1, -0.05) is 19.1 Å². The number of ether oxygens (including phenoxy) is 1. The lowest BCUT2D eigenvalue weighted by molar-refractivity contribution is 0.414. The molecular weight excluding hydrogens is 198 g/mol. The zero-order valence-electron chi connectivity index (χ0n) is 10.5. The average Bonchev–Trinajstić information content (AvgIpc) is 2.34. The summed E-state index contributed by atoms with van der Waals surface area (Å²) in [6.07, 6.45) is 4.89. The Bertz CT molecular complexity index is 269. The Kier molecular flexibility index (Phi) is 6.66. The Morgan fingerprint density at radius 1 is 1.06 bits per heavy atom. The van der Waals surface area contributed by atoms with Crippen LogP contribution in [0.5, 0.6) is 5.75 Å². The molecule has 0 saturated heterocycles. The van der Waals surface area contributed by atoms with E-state index in [-0.39, 0.29) is 0 Å². The van der Waals surface area contributed by atoms with Gasteiger partial charge in [-0.05, 0) is 56.5 Å². The van der Waals surface area contributed by atoms with Crippen molar-refractivity contribution in [3.63, 3.8) is 0 Å². The Morgan fingerprint density at radius 3 is 2.44 bits per heavy atom. The van der Waals surface area contributed by atoms with Crippen LogP contribution in [0.4, 0.5) is 0 Å². The third-order valence-corrected chi connectivity index (χ3v) is 2.65. The molecule has 0 fully saturated rings. The summed E-state index contributed by atoms with van der Waals surface area (Å²) in [6.45, 7) is 4.48. The second kappa shape index (κ2) is 8.17. The van der Waals surface area contributed by atoms with E-state index in [2.05, 4.69) is 24.4 Å². The predicted octanol–water partition coefficient (Wildman–Crippen LogP) is 3.02. The fourth-order valence-corrected chi connectivity index (χ4v) is 1.67. The van der Waals surface area contributed by atoms with Gasteiger partial charge >= 0.3 is 0 Å². The highest BCUT2D eigenvalue weighted by molar-refractivity contribution is 5.27. The molecule has 0 heterocycles. The van der Waals surface area contributed by atoms with Crippen molar-refractivity contribution in [3.05, 3.63) is 29.8 Å². The highest BCUT2D eigenvalue weighted by atomic mass is 16.5. The molecule has 1 rings (SSSR count). The third-order valence-electron chi connectivity index (χ3n) is 2.65. The largest absolute Gasteiger partial charge is 0.497 e. The van der Waals surface area contributed by atoms with E-state index in [4.69, 9.17) is 4.74 Å². The van der Waals surface area contributed by atoms with Crippen molar-refractivity contribution < 1.29 is 4.74 Å². The lowest BCUT2D eigenvalue weighted by Gasteiger charge is -2.04. The maximum Gasteiger partial charge on any atom is 0.118 e. The topological polar surface area (TPSA) is 21.3 Å². The molecule has 16 heavy (non-hydrogen) atoms. The van der Waals surface area contributed by atoms with Crippen LogP contribution < -0.4 is 10.1 Å². The zero-order valence-corrected chi connectivity index (χ0v) is 10.5. The first-order valence-electron chi connectivity index (χ1n) is 6.20. The van der Waals surface area contributed by atoms with E-state index in [0.717, 1.165) is 25.3 Å². The van der Waals surface area contributed by atoms with Gasteiger partial charge in [-0.3, -0.25) is 0 Å². The van der Waals surface area contributed by atoms with Crippen molar-refractivity contribution >= 4 is 0 Å². The van der Waals surface area contributed by atoms with Gasteiger partial charge in [0.2, 0.25) is 0 Å². The number of hydrogen-bond acceptors (Lipinski definition) is 2. The van der Waals surface area contributed by atoms with Crippen LogP contribution in [-0.2, 0) is 6.42 Å². The van der Waals surface area contributed by atoms with Gasteiger partial charge in [0.25, 0.3) is 0 Å². The number of rotatable bonds is 8. The lowest BCUT2D eigenvalue weighted by Crippen LogP contribution is -2.15. The quantitative estimate of drug-likeness (QED) is 0.681. The second-order valence-electron chi connectivity index (χ2n) is 4.06. The summed E-state index contributed by atoms with van der Waals surface area (Å²) < 4.78 is 5.13. The molecule has 0 spiro atoms. The fraction of sp³-hybridized carbons (Fsp3) is 0.571. The molecule has 2 nitrogen and oxygen atoms in total. The van der Waals surface area contributed by atoms with E-state index in [0.29, 0.717) is 0 Å². The van der Waals surface area contributed by atoms with Crippen molar-refractivity contribution in [3.8, 4) is 5.75 Å². The van der Waals surface area contributed by atoms with E-state index >= 15 is 0 Å². The first-order valence-corrected chi connectivity index (χ1v) is 6.20. The number of benzene rings is 1. The number of hydrogen-bond donors (Lipinski definition) is 1. The van der Waals surface area contributed by atoms with Crippen LogP contribution in [0, 0.1) is 0 Å². The predicted molar refractivity (Wildman–Crippen MR) is 69.1 cm³/mol. The maximum atomic E-state index is 5.13. The lowest BCUT2D eigenvalue weighted by atomic mass is 10.1. The Balaban J connectivity index is 2.12. The summed E-state index contributed by atoms with van der Waals surface area (Å²) in [5, 5.41) is 3.42. The van der Waals surface area contributed by atoms with Crippen LogP contribution in [0.1, 0.15) is 31.7 Å². The summed E-state index contributed by atoms with van der Waals surface area (Å²) in [4.78, 5) is 0.